The molecule has 0 aliphatic heterocycles. The molecule has 0 amide bonds. The highest BCUT2D eigenvalue weighted by atomic mass is 16.5. The number of nitrogens with one attached hydrogen (secondary N) is 1. The van der Waals surface area contributed by atoms with E-state index in [4.69, 9.17) is 15.2 Å². The molecule has 19 heavy (non-hydrogen) atoms. The summed E-state index contributed by atoms with van der Waals surface area (Å²) in [5, 5.41) is 3.05. The van der Waals surface area contributed by atoms with E-state index in [-0.39, 0.29) is 0 Å². The third-order valence-electron chi connectivity index (χ3n) is 2.33. The topological polar surface area (TPSA) is 68.9 Å². The van der Waals surface area contributed by atoms with Crippen LogP contribution in [0.25, 0.3) is 0 Å². The first-order valence-corrected chi connectivity index (χ1v) is 6.67. The van der Waals surface area contributed by atoms with E-state index < -0.39 is 0 Å². The minimum absolute atomic E-state index is 0.386. The van der Waals surface area contributed by atoms with Crippen molar-refractivity contribution in [2.45, 2.75) is 27.2 Å². The van der Waals surface area contributed by atoms with Gasteiger partial charge in [-0.3, -0.25) is 4.99 Å². The first-order chi connectivity index (χ1) is 9.21. The van der Waals surface area contributed by atoms with E-state index >= 15 is 0 Å². The molecule has 1 rings (SSSR count). The van der Waals surface area contributed by atoms with Crippen molar-refractivity contribution in [3.8, 4) is 11.5 Å². The van der Waals surface area contributed by atoms with E-state index in [9.17, 15) is 0 Å². The van der Waals surface area contributed by atoms with Crippen molar-refractivity contribution in [3.05, 3.63) is 18.2 Å². The molecule has 106 valence electrons. The summed E-state index contributed by atoms with van der Waals surface area (Å²) in [4.78, 5) is 4.20. The van der Waals surface area contributed by atoms with Gasteiger partial charge in [-0.2, -0.15) is 0 Å². The molecule has 5 heteroatoms. The zero-order chi connectivity index (χ0) is 14.1. The number of hydrogen-bond acceptors (Lipinski definition) is 3. The average molecular weight is 265 g/mol. The summed E-state index contributed by atoms with van der Waals surface area (Å²) in [5.74, 6) is 1.90. The number of nitrogens with zero attached hydrogens (tertiary/aromatic N) is 1. The lowest BCUT2D eigenvalue weighted by Crippen LogP contribution is -2.23. The molecule has 1 aromatic rings. The van der Waals surface area contributed by atoms with Crippen LogP contribution in [0.15, 0.2) is 23.2 Å². The van der Waals surface area contributed by atoms with Crippen LogP contribution in [0.4, 0.5) is 5.69 Å². The van der Waals surface area contributed by atoms with Gasteiger partial charge in [0.1, 0.15) is 11.5 Å². The third-order valence-corrected chi connectivity index (χ3v) is 2.33. The van der Waals surface area contributed by atoms with E-state index in [1.807, 2.05) is 32.0 Å². The molecule has 0 saturated carbocycles. The first kappa shape index (κ1) is 15.1. The zero-order valence-corrected chi connectivity index (χ0v) is 11.9. The van der Waals surface area contributed by atoms with Crippen LogP contribution in [0.5, 0.6) is 11.5 Å². The van der Waals surface area contributed by atoms with Crippen LogP contribution < -0.4 is 20.5 Å². The second kappa shape index (κ2) is 8.24. The van der Waals surface area contributed by atoms with Crippen LogP contribution in [-0.4, -0.2) is 25.7 Å². The number of hydrogen-bond donors (Lipinski definition) is 2. The Kier molecular flexibility index (Phi) is 6.57. The van der Waals surface area contributed by atoms with Gasteiger partial charge in [-0.1, -0.05) is 6.92 Å². The Morgan fingerprint density at radius 1 is 1.21 bits per heavy atom. The number of aliphatic imine (C=N–C) groups is 1. The van der Waals surface area contributed by atoms with Gasteiger partial charge in [0.2, 0.25) is 0 Å². The lowest BCUT2D eigenvalue weighted by atomic mass is 10.2. The highest BCUT2D eigenvalue weighted by Gasteiger charge is 2.06. The summed E-state index contributed by atoms with van der Waals surface area (Å²) in [6, 6.07) is 5.60. The van der Waals surface area contributed by atoms with Gasteiger partial charge in [-0.05, 0) is 32.4 Å². The van der Waals surface area contributed by atoms with Crippen LogP contribution in [0.3, 0.4) is 0 Å². The monoisotopic (exact) mass is 265 g/mol. The smallest absolute Gasteiger partial charge is 0.193 e. The van der Waals surface area contributed by atoms with Crippen LogP contribution in [0.1, 0.15) is 27.2 Å². The summed E-state index contributed by atoms with van der Waals surface area (Å²) >= 11 is 0. The molecule has 0 saturated heterocycles. The molecule has 0 aliphatic rings. The SMILES string of the molecule is CCCN=C(N)Nc1cc(OCC)ccc1OCC. The van der Waals surface area contributed by atoms with Crippen molar-refractivity contribution in [1.82, 2.24) is 0 Å². The lowest BCUT2D eigenvalue weighted by molar-refractivity contribution is 0.332. The van der Waals surface area contributed by atoms with Gasteiger partial charge in [-0.25, -0.2) is 0 Å². The second-order valence-electron chi connectivity index (χ2n) is 3.92. The van der Waals surface area contributed by atoms with Crippen molar-refractivity contribution in [1.29, 1.82) is 0 Å². The van der Waals surface area contributed by atoms with E-state index in [2.05, 4.69) is 17.2 Å². The van der Waals surface area contributed by atoms with Gasteiger partial charge in [0.25, 0.3) is 0 Å². The maximum Gasteiger partial charge on any atom is 0.193 e. The van der Waals surface area contributed by atoms with Crippen molar-refractivity contribution < 1.29 is 9.47 Å². The van der Waals surface area contributed by atoms with Gasteiger partial charge < -0.3 is 20.5 Å². The molecule has 0 aromatic heterocycles. The number of anilines is 1. The van der Waals surface area contributed by atoms with Crippen molar-refractivity contribution in [2.75, 3.05) is 25.1 Å². The standard InChI is InChI=1S/C14H23N3O2/c1-4-9-16-14(15)17-12-10-11(18-5-2)7-8-13(12)19-6-3/h7-8,10H,4-6,9H2,1-3H3,(H3,15,16,17). The Hall–Kier alpha value is -1.91. The van der Waals surface area contributed by atoms with Crippen LogP contribution in [0, 0.1) is 0 Å². The molecule has 0 unspecified atom stereocenters. The lowest BCUT2D eigenvalue weighted by Gasteiger charge is -2.13. The highest BCUT2D eigenvalue weighted by molar-refractivity contribution is 5.94. The fraction of sp³-hybridized carbons (Fsp3) is 0.500. The van der Waals surface area contributed by atoms with E-state index in [1.54, 1.807) is 0 Å². The highest BCUT2D eigenvalue weighted by Crippen LogP contribution is 2.29. The molecule has 0 spiro atoms. The molecular formula is C14H23N3O2. The van der Waals surface area contributed by atoms with Gasteiger partial charge in [-0.15, -0.1) is 0 Å². The molecular weight excluding hydrogens is 242 g/mol. The molecule has 3 N–H and O–H groups in total. The van der Waals surface area contributed by atoms with Crippen LogP contribution in [-0.2, 0) is 0 Å². The fourth-order valence-electron chi connectivity index (χ4n) is 1.55. The summed E-state index contributed by atoms with van der Waals surface area (Å²) in [7, 11) is 0. The first-order valence-electron chi connectivity index (χ1n) is 6.67. The summed E-state index contributed by atoms with van der Waals surface area (Å²) in [6.45, 7) is 7.85. The van der Waals surface area contributed by atoms with Crippen LogP contribution in [0.2, 0.25) is 0 Å². The quantitative estimate of drug-likeness (QED) is 0.587. The molecule has 0 atom stereocenters. The van der Waals surface area contributed by atoms with Crippen LogP contribution >= 0.6 is 0 Å². The Balaban J connectivity index is 2.89. The molecule has 0 heterocycles. The number of nitrogens with two attached hydrogens (primary N) is 1. The number of guanidine groups is 1. The maximum atomic E-state index is 5.82. The Labute approximate surface area is 114 Å². The maximum absolute atomic E-state index is 5.82. The van der Waals surface area contributed by atoms with Gasteiger partial charge in [0.15, 0.2) is 5.96 Å². The van der Waals surface area contributed by atoms with Crippen molar-refractivity contribution in [2.24, 2.45) is 10.7 Å². The minimum atomic E-state index is 0.386. The predicted molar refractivity (Wildman–Crippen MR) is 79.2 cm³/mol. The third kappa shape index (κ3) is 5.07. The predicted octanol–water partition coefficient (Wildman–Crippen LogP) is 2.62. The number of ether oxygens (including phenoxy) is 2. The molecule has 0 radical (unpaired) electrons. The van der Waals surface area contributed by atoms with E-state index in [1.165, 1.54) is 0 Å². The molecule has 0 bridgehead atoms. The minimum Gasteiger partial charge on any atom is -0.494 e. The van der Waals surface area contributed by atoms with E-state index in [0.717, 1.165) is 23.6 Å². The molecule has 0 aliphatic carbocycles. The average Bonchev–Trinajstić information content (AvgIpc) is 2.40. The summed E-state index contributed by atoms with van der Waals surface area (Å²) in [5.41, 5.74) is 6.59. The Morgan fingerprint density at radius 2 is 1.95 bits per heavy atom. The molecule has 1 aromatic carbocycles. The van der Waals surface area contributed by atoms with Gasteiger partial charge in [0, 0.05) is 12.6 Å². The summed E-state index contributed by atoms with van der Waals surface area (Å²) in [6.07, 6.45) is 0.958. The number of benzene rings is 1. The molecule has 5 nitrogen and oxygen atoms in total. The summed E-state index contributed by atoms with van der Waals surface area (Å²) < 4.78 is 11.0. The normalized spacial score (nSPS) is 11.2. The van der Waals surface area contributed by atoms with Crippen molar-refractivity contribution in [3.63, 3.8) is 0 Å². The van der Waals surface area contributed by atoms with Gasteiger partial charge >= 0.3 is 0 Å². The largest absolute Gasteiger partial charge is 0.494 e. The van der Waals surface area contributed by atoms with E-state index in [0.29, 0.717) is 25.7 Å². The Bertz CT molecular complexity index is 419. The second-order valence-corrected chi connectivity index (χ2v) is 3.92. The number of rotatable bonds is 7. The van der Waals surface area contributed by atoms with Gasteiger partial charge in [0.05, 0.1) is 18.9 Å². The molecule has 0 fully saturated rings. The fourth-order valence-corrected chi connectivity index (χ4v) is 1.55. The van der Waals surface area contributed by atoms with Crippen molar-refractivity contribution >= 4 is 11.6 Å². The Morgan fingerprint density at radius 3 is 2.58 bits per heavy atom. The zero-order valence-electron chi connectivity index (χ0n) is 11.9.